The van der Waals surface area contributed by atoms with Crippen LogP contribution < -0.4 is 0 Å². The molecule has 0 rings (SSSR count). The van der Waals surface area contributed by atoms with Gasteiger partial charge in [0.05, 0.1) is 0 Å². The number of carboxylic acid groups (broad SMARTS) is 1. The molecular formula is CH5O6P. The first-order chi connectivity index (χ1) is 3.41. The minimum atomic E-state index is -4.64. The summed E-state index contributed by atoms with van der Waals surface area (Å²) in [5.41, 5.74) is 0. The number of rotatable bonds is 0. The van der Waals surface area contributed by atoms with E-state index in [4.69, 9.17) is 29.1 Å². The Morgan fingerprint density at radius 3 is 1.25 bits per heavy atom. The fourth-order valence-corrected chi connectivity index (χ4v) is 0. The molecule has 0 aliphatic heterocycles. The van der Waals surface area contributed by atoms with Crippen LogP contribution in [-0.4, -0.2) is 26.3 Å². The van der Waals surface area contributed by atoms with Gasteiger partial charge in [-0.05, 0) is 0 Å². The summed E-state index contributed by atoms with van der Waals surface area (Å²) in [5, 5.41) is 6.89. The number of hydrogen-bond acceptors (Lipinski definition) is 2. The highest BCUT2D eigenvalue weighted by molar-refractivity contribution is 7.45. The van der Waals surface area contributed by atoms with E-state index in [1.54, 1.807) is 0 Å². The zero-order valence-corrected chi connectivity index (χ0v) is 4.52. The summed E-state index contributed by atoms with van der Waals surface area (Å²) in [6.07, 6.45) is 0. The maximum atomic E-state index is 8.88. The largest absolute Gasteiger partial charge is 0.483 e. The molecule has 0 bridgehead atoms. The topological polar surface area (TPSA) is 115 Å². The minimum Gasteiger partial charge on any atom is -0.483 e. The summed E-state index contributed by atoms with van der Waals surface area (Å²) in [4.78, 5) is 29.9. The van der Waals surface area contributed by atoms with E-state index in [-0.39, 0.29) is 6.47 Å². The second-order valence-electron chi connectivity index (χ2n) is 0.619. The lowest BCUT2D eigenvalue weighted by atomic mass is 11.7. The van der Waals surface area contributed by atoms with E-state index in [1.807, 2.05) is 0 Å². The highest BCUT2D eigenvalue weighted by Gasteiger charge is 2.00. The molecule has 0 aliphatic carbocycles. The Hall–Kier alpha value is -0.420. The Bertz CT molecular complexity index is 82.4. The van der Waals surface area contributed by atoms with Crippen LogP contribution in [0, 0.1) is 0 Å². The maximum Gasteiger partial charge on any atom is 0.466 e. The van der Waals surface area contributed by atoms with E-state index in [2.05, 4.69) is 0 Å². The molecule has 0 aromatic heterocycles. The first kappa shape index (κ1) is 10.5. The molecule has 50 valence electrons. The molecular weight excluding hydrogens is 139 g/mol. The summed E-state index contributed by atoms with van der Waals surface area (Å²) in [6, 6.07) is 0. The Balaban J connectivity index is 0. The molecule has 0 aliphatic rings. The van der Waals surface area contributed by atoms with Crippen molar-refractivity contribution in [2.75, 3.05) is 0 Å². The molecule has 7 heteroatoms. The summed E-state index contributed by atoms with van der Waals surface area (Å²) in [5.74, 6) is 0. The standard InChI is InChI=1S/CH2O2.H3O4P/c2-1-3;1-5(2,3)4/h1H,(H,2,3);(H3,1,2,3,4). The van der Waals surface area contributed by atoms with Gasteiger partial charge in [0, 0.05) is 0 Å². The molecule has 4 N–H and O–H groups in total. The van der Waals surface area contributed by atoms with Crippen molar-refractivity contribution in [1.29, 1.82) is 0 Å². The van der Waals surface area contributed by atoms with Crippen molar-refractivity contribution in [1.82, 2.24) is 0 Å². The zero-order chi connectivity index (χ0) is 7.21. The fourth-order valence-electron chi connectivity index (χ4n) is 0. The Morgan fingerprint density at radius 1 is 1.25 bits per heavy atom. The predicted octanol–water partition coefficient (Wildman–Crippen LogP) is -1.23. The smallest absolute Gasteiger partial charge is 0.466 e. The van der Waals surface area contributed by atoms with Crippen molar-refractivity contribution in [2.24, 2.45) is 0 Å². The van der Waals surface area contributed by atoms with Gasteiger partial charge >= 0.3 is 7.82 Å². The van der Waals surface area contributed by atoms with Gasteiger partial charge in [-0.25, -0.2) is 4.57 Å². The van der Waals surface area contributed by atoms with Gasteiger partial charge in [-0.1, -0.05) is 0 Å². The van der Waals surface area contributed by atoms with E-state index in [0.29, 0.717) is 0 Å². The van der Waals surface area contributed by atoms with Crippen LogP contribution >= 0.6 is 7.82 Å². The van der Waals surface area contributed by atoms with Gasteiger partial charge in [0.25, 0.3) is 6.47 Å². The van der Waals surface area contributed by atoms with Gasteiger partial charge in [0.15, 0.2) is 0 Å². The maximum absolute atomic E-state index is 8.88. The van der Waals surface area contributed by atoms with Crippen LogP contribution in [0.2, 0.25) is 0 Å². The van der Waals surface area contributed by atoms with Crippen LogP contribution in [0.1, 0.15) is 0 Å². The van der Waals surface area contributed by atoms with Crippen LogP contribution in [0.15, 0.2) is 0 Å². The lowest BCUT2D eigenvalue weighted by Crippen LogP contribution is -1.66. The molecule has 0 saturated carbocycles. The lowest BCUT2D eigenvalue weighted by Gasteiger charge is -1.82. The van der Waals surface area contributed by atoms with Crippen molar-refractivity contribution in [3.63, 3.8) is 0 Å². The highest BCUT2D eigenvalue weighted by Crippen LogP contribution is 2.25. The Morgan fingerprint density at radius 2 is 1.25 bits per heavy atom. The molecule has 0 heterocycles. The summed E-state index contributed by atoms with van der Waals surface area (Å²) in [7, 11) is -4.64. The van der Waals surface area contributed by atoms with E-state index in [1.165, 1.54) is 0 Å². The SMILES string of the molecule is O=CO.O=P(O)(O)O. The molecule has 0 fully saturated rings. The first-order valence-electron chi connectivity index (χ1n) is 1.28. The normalized spacial score (nSPS) is 8.88. The van der Waals surface area contributed by atoms with Crippen LogP contribution in [0.5, 0.6) is 0 Å². The summed E-state index contributed by atoms with van der Waals surface area (Å²) in [6.45, 7) is -0.250. The second kappa shape index (κ2) is 4.73. The molecule has 0 aromatic rings. The van der Waals surface area contributed by atoms with Crippen molar-refractivity contribution < 1.29 is 29.1 Å². The molecule has 0 unspecified atom stereocenters. The van der Waals surface area contributed by atoms with Gasteiger partial charge in [-0.15, -0.1) is 0 Å². The van der Waals surface area contributed by atoms with Gasteiger partial charge in [0.2, 0.25) is 0 Å². The predicted molar refractivity (Wildman–Crippen MR) is 23.0 cm³/mol. The van der Waals surface area contributed by atoms with E-state index in [9.17, 15) is 0 Å². The Labute approximate surface area is 44.6 Å². The van der Waals surface area contributed by atoms with Crippen LogP contribution in [-0.2, 0) is 9.36 Å². The molecule has 0 atom stereocenters. The van der Waals surface area contributed by atoms with Gasteiger partial charge in [-0.2, -0.15) is 0 Å². The summed E-state index contributed by atoms with van der Waals surface area (Å²) >= 11 is 0. The third-order valence-electron chi connectivity index (χ3n) is 0. The third kappa shape index (κ3) is 664. The minimum absolute atomic E-state index is 0.250. The van der Waals surface area contributed by atoms with E-state index < -0.39 is 7.82 Å². The Kier molecular flexibility index (Phi) is 6.23. The zero-order valence-electron chi connectivity index (χ0n) is 3.63. The van der Waals surface area contributed by atoms with Crippen LogP contribution in [0.3, 0.4) is 0 Å². The van der Waals surface area contributed by atoms with Gasteiger partial charge in [-0.3, -0.25) is 4.79 Å². The molecule has 0 spiro atoms. The third-order valence-corrected chi connectivity index (χ3v) is 0. The number of hydrogen-bond donors (Lipinski definition) is 4. The molecule has 8 heavy (non-hydrogen) atoms. The second-order valence-corrected chi connectivity index (χ2v) is 1.65. The average molecular weight is 144 g/mol. The van der Waals surface area contributed by atoms with Crippen molar-refractivity contribution >= 4 is 14.3 Å². The molecule has 0 saturated heterocycles. The summed E-state index contributed by atoms with van der Waals surface area (Å²) < 4.78 is 8.88. The molecule has 0 aromatic carbocycles. The first-order valence-corrected chi connectivity index (χ1v) is 2.84. The highest BCUT2D eigenvalue weighted by atomic mass is 31.2. The quantitative estimate of drug-likeness (QED) is 0.250. The van der Waals surface area contributed by atoms with E-state index in [0.717, 1.165) is 0 Å². The van der Waals surface area contributed by atoms with Crippen LogP contribution in [0.4, 0.5) is 0 Å². The number of phosphoric acid groups is 1. The monoisotopic (exact) mass is 144 g/mol. The molecule has 6 nitrogen and oxygen atoms in total. The fraction of sp³-hybridized carbons (Fsp3) is 0. The van der Waals surface area contributed by atoms with Crippen molar-refractivity contribution in [3.05, 3.63) is 0 Å². The molecule has 0 amide bonds. The number of carbonyl (C=O) groups is 1. The van der Waals surface area contributed by atoms with Crippen molar-refractivity contribution in [2.45, 2.75) is 0 Å². The van der Waals surface area contributed by atoms with Gasteiger partial charge < -0.3 is 19.8 Å². The lowest BCUT2D eigenvalue weighted by molar-refractivity contribution is -0.122. The average Bonchev–Trinajstić information content (AvgIpc) is 1.27. The van der Waals surface area contributed by atoms with Crippen molar-refractivity contribution in [3.8, 4) is 0 Å². The molecule has 0 radical (unpaired) electrons. The van der Waals surface area contributed by atoms with E-state index >= 15 is 0 Å². The van der Waals surface area contributed by atoms with Crippen LogP contribution in [0.25, 0.3) is 0 Å². The van der Waals surface area contributed by atoms with Gasteiger partial charge in [0.1, 0.15) is 0 Å².